The van der Waals surface area contributed by atoms with E-state index >= 15 is 0 Å². The fourth-order valence-corrected chi connectivity index (χ4v) is 1.97. The molecule has 0 radical (unpaired) electrons. The molecule has 0 amide bonds. The normalized spacial score (nSPS) is 13.0. The maximum absolute atomic E-state index is 10.9. The van der Waals surface area contributed by atoms with Gasteiger partial charge in [0.2, 0.25) is 10.0 Å². The molecular formula is C6H15NO5S2. The van der Waals surface area contributed by atoms with Gasteiger partial charge in [0.25, 0.3) is 10.1 Å². The average Bonchev–Trinajstić information content (AvgIpc) is 2.01. The summed E-state index contributed by atoms with van der Waals surface area (Å²) in [6, 6.07) is 0. The average molecular weight is 245 g/mol. The summed E-state index contributed by atoms with van der Waals surface area (Å²) >= 11 is 0. The van der Waals surface area contributed by atoms with Crippen molar-refractivity contribution in [2.45, 2.75) is 19.8 Å². The van der Waals surface area contributed by atoms with Crippen LogP contribution in [-0.2, 0) is 20.1 Å². The number of hydrogen-bond acceptors (Lipinski definition) is 4. The van der Waals surface area contributed by atoms with E-state index in [-0.39, 0.29) is 24.5 Å². The van der Waals surface area contributed by atoms with Crippen LogP contribution in [0.25, 0.3) is 0 Å². The predicted molar refractivity (Wildman–Crippen MR) is 53.1 cm³/mol. The highest BCUT2D eigenvalue weighted by Gasteiger charge is 2.06. The first-order valence-corrected chi connectivity index (χ1v) is 7.45. The minimum Gasteiger partial charge on any atom is -0.286 e. The molecule has 0 saturated carbocycles. The second-order valence-electron chi connectivity index (χ2n) is 2.79. The Morgan fingerprint density at radius 3 is 2.14 bits per heavy atom. The second kappa shape index (κ2) is 5.64. The van der Waals surface area contributed by atoms with Crippen LogP contribution in [-0.4, -0.2) is 39.4 Å². The Kier molecular flexibility index (Phi) is 5.57. The molecule has 14 heavy (non-hydrogen) atoms. The van der Waals surface area contributed by atoms with Gasteiger partial charge in [0.15, 0.2) is 0 Å². The van der Waals surface area contributed by atoms with Crippen molar-refractivity contribution in [1.29, 1.82) is 0 Å². The largest absolute Gasteiger partial charge is 0.286 e. The van der Waals surface area contributed by atoms with Gasteiger partial charge in [-0.05, 0) is 19.8 Å². The molecule has 0 aromatic rings. The second-order valence-corrected chi connectivity index (χ2v) is 6.46. The first-order chi connectivity index (χ1) is 6.27. The van der Waals surface area contributed by atoms with Crippen molar-refractivity contribution in [3.63, 3.8) is 0 Å². The van der Waals surface area contributed by atoms with E-state index in [1.54, 1.807) is 0 Å². The van der Waals surface area contributed by atoms with Gasteiger partial charge in [0, 0.05) is 6.54 Å². The third-order valence-electron chi connectivity index (χ3n) is 1.53. The Morgan fingerprint density at radius 2 is 1.71 bits per heavy atom. The van der Waals surface area contributed by atoms with Crippen molar-refractivity contribution in [2.75, 3.05) is 18.1 Å². The van der Waals surface area contributed by atoms with Gasteiger partial charge in [0.05, 0.1) is 11.5 Å². The van der Waals surface area contributed by atoms with Crippen LogP contribution in [0, 0.1) is 0 Å². The van der Waals surface area contributed by atoms with Gasteiger partial charge in [-0.2, -0.15) is 8.42 Å². The van der Waals surface area contributed by atoms with E-state index in [0.717, 1.165) is 0 Å². The molecule has 6 nitrogen and oxygen atoms in total. The van der Waals surface area contributed by atoms with E-state index in [1.165, 1.54) is 6.92 Å². The van der Waals surface area contributed by atoms with Gasteiger partial charge >= 0.3 is 0 Å². The van der Waals surface area contributed by atoms with Crippen molar-refractivity contribution in [3.8, 4) is 0 Å². The summed E-state index contributed by atoms with van der Waals surface area (Å²) in [5.41, 5.74) is 0. The Hall–Kier alpha value is -0.180. The topological polar surface area (TPSA) is 101 Å². The van der Waals surface area contributed by atoms with Crippen LogP contribution in [0.4, 0.5) is 0 Å². The molecule has 2 N–H and O–H groups in total. The molecule has 86 valence electrons. The van der Waals surface area contributed by atoms with Crippen LogP contribution in [0.2, 0.25) is 0 Å². The van der Waals surface area contributed by atoms with Crippen LogP contribution >= 0.6 is 0 Å². The van der Waals surface area contributed by atoms with Crippen molar-refractivity contribution in [1.82, 2.24) is 4.72 Å². The highest BCUT2D eigenvalue weighted by atomic mass is 32.2. The Labute approximate surface area is 84.5 Å². The summed E-state index contributed by atoms with van der Waals surface area (Å²) in [4.78, 5) is 0. The first-order valence-electron chi connectivity index (χ1n) is 4.19. The van der Waals surface area contributed by atoms with Crippen LogP contribution in [0.1, 0.15) is 19.8 Å². The highest BCUT2D eigenvalue weighted by Crippen LogP contribution is 1.93. The Morgan fingerprint density at radius 1 is 1.14 bits per heavy atom. The molecule has 0 aromatic heterocycles. The summed E-state index contributed by atoms with van der Waals surface area (Å²) in [7, 11) is -7.12. The number of sulfonamides is 1. The van der Waals surface area contributed by atoms with E-state index in [0.29, 0.717) is 6.42 Å². The van der Waals surface area contributed by atoms with E-state index in [2.05, 4.69) is 4.72 Å². The predicted octanol–water partition coefficient (Wildman–Crippen LogP) is -0.406. The van der Waals surface area contributed by atoms with E-state index < -0.39 is 20.1 Å². The fourth-order valence-electron chi connectivity index (χ4n) is 0.739. The van der Waals surface area contributed by atoms with Crippen molar-refractivity contribution in [2.24, 2.45) is 0 Å². The molecule has 0 atom stereocenters. The number of nitrogens with one attached hydrogen (secondary N) is 1. The summed E-state index contributed by atoms with van der Waals surface area (Å²) in [5.74, 6) is -0.327. The van der Waals surface area contributed by atoms with Crippen LogP contribution in [0.3, 0.4) is 0 Å². The zero-order valence-corrected chi connectivity index (χ0v) is 9.57. The molecule has 0 aliphatic heterocycles. The molecule has 0 saturated heterocycles. The summed E-state index contributed by atoms with van der Waals surface area (Å²) in [5, 5.41) is 0. The molecule has 0 aromatic carbocycles. The molecule has 0 fully saturated rings. The van der Waals surface area contributed by atoms with E-state index in [4.69, 9.17) is 4.55 Å². The zero-order chi connectivity index (χ0) is 11.2. The fraction of sp³-hybridized carbons (Fsp3) is 1.00. The number of unbranched alkanes of at least 4 members (excludes halogenated alkanes) is 1. The Balaban J connectivity index is 3.59. The Bertz CT molecular complexity index is 344. The minimum atomic E-state index is -3.92. The van der Waals surface area contributed by atoms with E-state index in [1.807, 2.05) is 0 Å². The van der Waals surface area contributed by atoms with Crippen molar-refractivity contribution >= 4 is 20.1 Å². The maximum atomic E-state index is 10.9. The van der Waals surface area contributed by atoms with Crippen LogP contribution < -0.4 is 4.72 Å². The van der Waals surface area contributed by atoms with Gasteiger partial charge in [-0.25, -0.2) is 13.1 Å². The minimum absolute atomic E-state index is 0.00526. The molecule has 8 heteroatoms. The van der Waals surface area contributed by atoms with Crippen LogP contribution in [0.5, 0.6) is 0 Å². The van der Waals surface area contributed by atoms with Gasteiger partial charge in [-0.1, -0.05) is 0 Å². The molecular weight excluding hydrogens is 230 g/mol. The molecule has 0 bridgehead atoms. The van der Waals surface area contributed by atoms with Crippen LogP contribution in [0.15, 0.2) is 0 Å². The molecule has 0 aliphatic carbocycles. The number of rotatable bonds is 7. The third-order valence-corrected chi connectivity index (χ3v) is 3.74. The lowest BCUT2D eigenvalue weighted by Crippen LogP contribution is -2.26. The summed E-state index contributed by atoms with van der Waals surface area (Å²) < 4.78 is 52.9. The monoisotopic (exact) mass is 245 g/mol. The van der Waals surface area contributed by atoms with Gasteiger partial charge in [0.1, 0.15) is 0 Å². The van der Waals surface area contributed by atoms with Crippen molar-refractivity contribution in [3.05, 3.63) is 0 Å². The van der Waals surface area contributed by atoms with Crippen molar-refractivity contribution < 1.29 is 21.4 Å². The zero-order valence-electron chi connectivity index (χ0n) is 7.93. The number of hydrogen-bond donors (Lipinski definition) is 2. The summed E-state index contributed by atoms with van der Waals surface area (Å²) in [6.45, 7) is 1.71. The smallest absolute Gasteiger partial charge is 0.264 e. The molecule has 0 aliphatic rings. The molecule has 0 rings (SSSR count). The lowest BCUT2D eigenvalue weighted by molar-refractivity contribution is 0.480. The lowest BCUT2D eigenvalue weighted by atomic mass is 10.3. The highest BCUT2D eigenvalue weighted by molar-refractivity contribution is 7.89. The van der Waals surface area contributed by atoms with Gasteiger partial charge in [-0.15, -0.1) is 0 Å². The summed E-state index contributed by atoms with van der Waals surface area (Å²) in [6.07, 6.45) is 0.629. The quantitative estimate of drug-likeness (QED) is 0.469. The SMILES string of the molecule is CCS(=O)(=O)NCCCCS(=O)(=O)O. The maximum Gasteiger partial charge on any atom is 0.264 e. The lowest BCUT2D eigenvalue weighted by Gasteiger charge is -2.02. The van der Waals surface area contributed by atoms with E-state index in [9.17, 15) is 16.8 Å². The standard InChI is InChI=1S/C6H15NO5S2/c1-2-13(8,9)7-5-3-4-6-14(10,11)12/h7H,2-6H2,1H3,(H,10,11,12). The third kappa shape index (κ3) is 8.42. The first kappa shape index (κ1) is 13.8. The molecule has 0 spiro atoms. The van der Waals surface area contributed by atoms with Gasteiger partial charge < -0.3 is 0 Å². The molecule has 0 heterocycles. The van der Waals surface area contributed by atoms with Gasteiger partial charge in [-0.3, -0.25) is 4.55 Å². The molecule has 0 unspecified atom stereocenters.